The number of nitrogens with two attached hydrogens (primary N) is 1. The second-order valence-corrected chi connectivity index (χ2v) is 8.31. The van der Waals surface area contributed by atoms with E-state index >= 15 is 0 Å². The molecule has 0 radical (unpaired) electrons. The zero-order chi connectivity index (χ0) is 16.7. The van der Waals surface area contributed by atoms with E-state index in [2.05, 4.69) is 16.9 Å². The van der Waals surface area contributed by atoms with Gasteiger partial charge in [-0.1, -0.05) is 30.7 Å². The highest BCUT2D eigenvalue weighted by Gasteiger charge is 2.41. The fraction of sp³-hybridized carbons (Fsp3) is 0.333. The van der Waals surface area contributed by atoms with Gasteiger partial charge < -0.3 is 5.73 Å². The van der Waals surface area contributed by atoms with E-state index < -0.39 is 10.0 Å². The molecule has 1 aromatic heterocycles. The van der Waals surface area contributed by atoms with E-state index in [9.17, 15) is 8.42 Å². The maximum atomic E-state index is 12.7. The van der Waals surface area contributed by atoms with Gasteiger partial charge in [0.2, 0.25) is 16.0 Å². The lowest BCUT2D eigenvalue weighted by molar-refractivity contribution is 0.439. The molecule has 1 atom stereocenters. The monoisotopic (exact) mass is 352 g/mol. The van der Waals surface area contributed by atoms with Crippen molar-refractivity contribution in [2.24, 2.45) is 0 Å². The quantitative estimate of drug-likeness (QED) is 0.913. The second-order valence-electron chi connectivity index (χ2n) is 5.93. The van der Waals surface area contributed by atoms with Crippen LogP contribution in [0.2, 0.25) is 5.02 Å². The maximum Gasteiger partial charge on any atom is 0.246 e. The fourth-order valence-electron chi connectivity index (χ4n) is 2.82. The summed E-state index contributed by atoms with van der Waals surface area (Å²) in [5.41, 5.74) is 6.25. The summed E-state index contributed by atoms with van der Waals surface area (Å²) in [6.07, 6.45) is 3.23. The molecule has 1 aromatic carbocycles. The minimum Gasteiger partial charge on any atom is -0.368 e. The summed E-state index contributed by atoms with van der Waals surface area (Å²) in [7, 11) is -3.62. The molecular formula is C15H17ClN4O2S. The number of nitrogen functional groups attached to an aromatic ring is 1. The number of halogens is 1. The molecule has 0 saturated carbocycles. The fourth-order valence-corrected chi connectivity index (χ4v) is 4.40. The first kappa shape index (κ1) is 16.2. The summed E-state index contributed by atoms with van der Waals surface area (Å²) in [5, 5.41) is 0.666. The first-order valence-electron chi connectivity index (χ1n) is 7.15. The Bertz CT molecular complexity index is 808. The predicted molar refractivity (Wildman–Crippen MR) is 88.6 cm³/mol. The topological polar surface area (TPSA) is 89.2 Å². The van der Waals surface area contributed by atoms with Gasteiger partial charge in [-0.3, -0.25) is 0 Å². The van der Waals surface area contributed by atoms with E-state index in [1.165, 1.54) is 16.7 Å². The lowest BCUT2D eigenvalue weighted by Gasteiger charge is -2.25. The molecule has 0 amide bonds. The number of sulfonamides is 1. The van der Waals surface area contributed by atoms with Gasteiger partial charge in [-0.25, -0.2) is 18.4 Å². The highest BCUT2D eigenvalue weighted by atomic mass is 35.5. The zero-order valence-electron chi connectivity index (χ0n) is 12.6. The lowest BCUT2D eigenvalue weighted by Crippen LogP contribution is -2.33. The predicted octanol–water partition coefficient (Wildman–Crippen LogP) is 2.06. The Hall–Kier alpha value is -1.70. The minimum absolute atomic E-state index is 0.0522. The van der Waals surface area contributed by atoms with Crippen molar-refractivity contribution in [3.05, 3.63) is 47.2 Å². The molecule has 2 N–H and O–H groups in total. The molecule has 2 heterocycles. The number of hydrogen-bond acceptors (Lipinski definition) is 5. The SMILES string of the molecule is CC1(c2ccc(Cl)cc2)CCN(S(=O)(=O)c2cnc(N)nc2)C1. The summed E-state index contributed by atoms with van der Waals surface area (Å²) in [5.74, 6) is 0.0522. The van der Waals surface area contributed by atoms with Gasteiger partial charge in [-0.05, 0) is 24.1 Å². The van der Waals surface area contributed by atoms with E-state index in [0.717, 1.165) is 12.0 Å². The normalized spacial score (nSPS) is 22.3. The summed E-state index contributed by atoms with van der Waals surface area (Å²) >= 11 is 5.93. The maximum absolute atomic E-state index is 12.7. The molecule has 8 heteroatoms. The van der Waals surface area contributed by atoms with Crippen LogP contribution < -0.4 is 5.73 Å². The van der Waals surface area contributed by atoms with Gasteiger partial charge in [0, 0.05) is 23.5 Å². The Labute approximate surface area is 140 Å². The third kappa shape index (κ3) is 3.04. The molecule has 6 nitrogen and oxygen atoms in total. The molecule has 1 aliphatic rings. The van der Waals surface area contributed by atoms with Crippen LogP contribution in [0.25, 0.3) is 0 Å². The Morgan fingerprint density at radius 3 is 2.43 bits per heavy atom. The molecule has 2 aromatic rings. The van der Waals surface area contributed by atoms with Crippen molar-refractivity contribution in [1.29, 1.82) is 0 Å². The molecule has 1 unspecified atom stereocenters. The first-order valence-corrected chi connectivity index (χ1v) is 8.97. The molecule has 122 valence electrons. The summed E-state index contributed by atoms with van der Waals surface area (Å²) in [6, 6.07) is 7.55. The highest BCUT2D eigenvalue weighted by molar-refractivity contribution is 7.89. The molecule has 0 aliphatic carbocycles. The van der Waals surface area contributed by atoms with Gasteiger partial charge in [0.25, 0.3) is 0 Å². The van der Waals surface area contributed by atoms with Crippen LogP contribution in [0.1, 0.15) is 18.9 Å². The van der Waals surface area contributed by atoms with Crippen molar-refractivity contribution in [3.8, 4) is 0 Å². The second kappa shape index (κ2) is 5.74. The van der Waals surface area contributed by atoms with Crippen molar-refractivity contribution >= 4 is 27.6 Å². The summed E-state index contributed by atoms with van der Waals surface area (Å²) in [4.78, 5) is 7.60. The van der Waals surface area contributed by atoms with Crippen LogP contribution in [0.3, 0.4) is 0 Å². The number of nitrogens with zero attached hydrogens (tertiary/aromatic N) is 3. The first-order chi connectivity index (χ1) is 10.8. The molecule has 1 aliphatic heterocycles. The molecule has 1 fully saturated rings. The highest BCUT2D eigenvalue weighted by Crippen LogP contribution is 2.36. The largest absolute Gasteiger partial charge is 0.368 e. The van der Waals surface area contributed by atoms with Crippen LogP contribution in [0.15, 0.2) is 41.6 Å². The van der Waals surface area contributed by atoms with E-state index in [-0.39, 0.29) is 16.3 Å². The van der Waals surface area contributed by atoms with Crippen molar-refractivity contribution in [2.45, 2.75) is 23.7 Å². The van der Waals surface area contributed by atoms with Gasteiger partial charge in [-0.15, -0.1) is 0 Å². The molecule has 23 heavy (non-hydrogen) atoms. The standard InChI is InChI=1S/C15H17ClN4O2S/c1-15(11-2-4-12(16)5-3-11)6-7-20(10-15)23(21,22)13-8-18-14(17)19-9-13/h2-5,8-9H,6-7,10H2,1H3,(H2,17,18,19). The van der Waals surface area contributed by atoms with E-state index in [4.69, 9.17) is 17.3 Å². The Kier molecular flexibility index (Phi) is 4.03. The van der Waals surface area contributed by atoms with Crippen molar-refractivity contribution < 1.29 is 8.42 Å². The number of benzene rings is 1. The molecule has 1 saturated heterocycles. The number of hydrogen-bond donors (Lipinski definition) is 1. The smallest absolute Gasteiger partial charge is 0.246 e. The Balaban J connectivity index is 1.86. The summed E-state index contributed by atoms with van der Waals surface area (Å²) < 4.78 is 26.9. The van der Waals surface area contributed by atoms with E-state index in [1.807, 2.05) is 24.3 Å². The van der Waals surface area contributed by atoms with E-state index in [1.54, 1.807) is 0 Å². The molecule has 3 rings (SSSR count). The van der Waals surface area contributed by atoms with Crippen molar-refractivity contribution in [2.75, 3.05) is 18.8 Å². The number of aromatic nitrogens is 2. The molecular weight excluding hydrogens is 336 g/mol. The average Bonchev–Trinajstić information content (AvgIpc) is 2.93. The Morgan fingerprint density at radius 2 is 1.83 bits per heavy atom. The van der Waals surface area contributed by atoms with Gasteiger partial charge in [0.15, 0.2) is 0 Å². The van der Waals surface area contributed by atoms with E-state index in [0.29, 0.717) is 18.1 Å². The van der Waals surface area contributed by atoms with Gasteiger partial charge >= 0.3 is 0 Å². The number of rotatable bonds is 3. The van der Waals surface area contributed by atoms with Crippen LogP contribution in [0.5, 0.6) is 0 Å². The van der Waals surface area contributed by atoms with Gasteiger partial charge in [0.1, 0.15) is 4.90 Å². The van der Waals surface area contributed by atoms with Crippen molar-refractivity contribution in [3.63, 3.8) is 0 Å². The van der Waals surface area contributed by atoms with Gasteiger partial charge in [-0.2, -0.15) is 4.31 Å². The lowest BCUT2D eigenvalue weighted by atomic mass is 9.82. The van der Waals surface area contributed by atoms with Crippen LogP contribution in [0.4, 0.5) is 5.95 Å². The van der Waals surface area contributed by atoms with Crippen LogP contribution in [0, 0.1) is 0 Å². The average molecular weight is 353 g/mol. The Morgan fingerprint density at radius 1 is 1.22 bits per heavy atom. The summed E-state index contributed by atoms with van der Waals surface area (Å²) in [6.45, 7) is 2.92. The van der Waals surface area contributed by atoms with Crippen molar-refractivity contribution in [1.82, 2.24) is 14.3 Å². The van der Waals surface area contributed by atoms with Crippen LogP contribution in [-0.2, 0) is 15.4 Å². The van der Waals surface area contributed by atoms with Crippen LogP contribution >= 0.6 is 11.6 Å². The third-order valence-electron chi connectivity index (χ3n) is 4.27. The number of anilines is 1. The van der Waals surface area contributed by atoms with Crippen LogP contribution in [-0.4, -0.2) is 35.8 Å². The minimum atomic E-state index is -3.62. The van der Waals surface area contributed by atoms with Gasteiger partial charge in [0.05, 0.1) is 12.4 Å². The molecule has 0 spiro atoms. The molecule has 0 bridgehead atoms. The zero-order valence-corrected chi connectivity index (χ0v) is 14.2. The third-order valence-corrected chi connectivity index (χ3v) is 6.32.